The normalized spacial score (nSPS) is 37.4. The Kier molecular flexibility index (Phi) is 9.55. The monoisotopic (exact) mass is 594 g/mol. The van der Waals surface area contributed by atoms with Gasteiger partial charge in [0.2, 0.25) is 0 Å². The molecule has 0 unspecified atom stereocenters. The maximum absolute atomic E-state index is 13.1. The van der Waals surface area contributed by atoms with Gasteiger partial charge in [0.15, 0.2) is 11.7 Å². The number of fused-ring (bicyclic) bond motifs is 2. The summed E-state index contributed by atoms with van der Waals surface area (Å²) >= 11 is 0. The van der Waals surface area contributed by atoms with Gasteiger partial charge in [0.25, 0.3) is 0 Å². The van der Waals surface area contributed by atoms with Crippen molar-refractivity contribution in [1.29, 1.82) is 0 Å². The third-order valence-electron chi connectivity index (χ3n) is 8.47. The maximum Gasteiger partial charge on any atom is 0.337 e. The molecule has 0 aromatic carbocycles. The Bertz CT molecular complexity index is 1200. The molecule has 13 nitrogen and oxygen atoms in total. The highest BCUT2D eigenvalue weighted by molar-refractivity contribution is 5.90. The SMILES string of the molecule is C=C1CC[C@H](OC(C)=O)[C@]2(C)[C@@H](OC(C)=O)C[C@@H](OC(C)=O)/C(C(=O)OC)=C\[C@@H]3OC(=O)[C@H](C)[C@@]3(O)[C@@H](OC(C)=O)[C@@H]12. The molecule has 0 bridgehead atoms. The Morgan fingerprint density at radius 3 is 2.02 bits per heavy atom. The molecule has 13 heteroatoms. The highest BCUT2D eigenvalue weighted by atomic mass is 16.6. The van der Waals surface area contributed by atoms with Crippen LogP contribution in [0, 0.1) is 17.3 Å². The molecule has 1 aliphatic heterocycles. The number of ether oxygens (including phenoxy) is 6. The molecule has 232 valence electrons. The summed E-state index contributed by atoms with van der Waals surface area (Å²) in [5.41, 5.74) is -3.72. The van der Waals surface area contributed by atoms with E-state index in [4.69, 9.17) is 28.4 Å². The van der Waals surface area contributed by atoms with Crippen LogP contribution in [0.3, 0.4) is 0 Å². The van der Waals surface area contributed by atoms with E-state index >= 15 is 0 Å². The molecule has 42 heavy (non-hydrogen) atoms. The van der Waals surface area contributed by atoms with E-state index in [9.17, 15) is 33.9 Å². The minimum Gasteiger partial charge on any atom is -0.466 e. The molecule has 1 heterocycles. The minimum absolute atomic E-state index is 0.209. The molecular formula is C29H38O13. The fraction of sp³-hybridized carbons (Fsp3) is 0.655. The zero-order valence-electron chi connectivity index (χ0n) is 24.8. The van der Waals surface area contributed by atoms with E-state index in [0.29, 0.717) is 5.57 Å². The number of carbonyl (C=O) groups excluding carboxylic acids is 6. The van der Waals surface area contributed by atoms with Gasteiger partial charge in [0.1, 0.15) is 24.4 Å². The van der Waals surface area contributed by atoms with Crippen LogP contribution >= 0.6 is 0 Å². The van der Waals surface area contributed by atoms with Crippen molar-refractivity contribution in [3.05, 3.63) is 23.8 Å². The maximum atomic E-state index is 13.1. The lowest BCUT2D eigenvalue weighted by Crippen LogP contribution is -2.66. The second-order valence-corrected chi connectivity index (χ2v) is 11.2. The van der Waals surface area contributed by atoms with E-state index in [0.717, 1.165) is 34.0 Å². The summed E-state index contributed by atoms with van der Waals surface area (Å²) in [7, 11) is 1.08. The van der Waals surface area contributed by atoms with E-state index in [-0.39, 0.29) is 24.8 Å². The lowest BCUT2D eigenvalue weighted by atomic mass is 9.54. The van der Waals surface area contributed by atoms with Crippen LogP contribution < -0.4 is 0 Å². The van der Waals surface area contributed by atoms with Gasteiger partial charge < -0.3 is 33.5 Å². The van der Waals surface area contributed by atoms with Gasteiger partial charge in [-0.25, -0.2) is 4.79 Å². The summed E-state index contributed by atoms with van der Waals surface area (Å²) in [5.74, 6) is -7.30. The lowest BCUT2D eigenvalue weighted by molar-refractivity contribution is -0.222. The van der Waals surface area contributed by atoms with E-state index in [1.807, 2.05) is 0 Å². The first-order chi connectivity index (χ1) is 19.5. The summed E-state index contributed by atoms with van der Waals surface area (Å²) in [6.45, 7) is 11.7. The molecule has 2 fully saturated rings. The first-order valence-electron chi connectivity index (χ1n) is 13.6. The molecule has 3 rings (SSSR count). The van der Waals surface area contributed by atoms with Gasteiger partial charge >= 0.3 is 35.8 Å². The number of methoxy groups -OCH3 is 1. The van der Waals surface area contributed by atoms with E-state index < -0.39 is 89.2 Å². The van der Waals surface area contributed by atoms with Crippen molar-refractivity contribution in [1.82, 2.24) is 0 Å². The highest BCUT2D eigenvalue weighted by Crippen LogP contribution is 2.56. The number of aliphatic hydroxyl groups is 1. The molecule has 1 saturated heterocycles. The summed E-state index contributed by atoms with van der Waals surface area (Å²) in [4.78, 5) is 75.8. The lowest BCUT2D eigenvalue weighted by Gasteiger charge is -2.55. The minimum atomic E-state index is -2.33. The molecule has 9 atom stereocenters. The van der Waals surface area contributed by atoms with Crippen LogP contribution in [-0.2, 0) is 57.2 Å². The van der Waals surface area contributed by atoms with Crippen LogP contribution in [0.2, 0.25) is 0 Å². The fourth-order valence-corrected chi connectivity index (χ4v) is 6.55. The van der Waals surface area contributed by atoms with Gasteiger partial charge in [-0.05, 0) is 25.8 Å². The molecule has 1 saturated carbocycles. The zero-order chi connectivity index (χ0) is 31.7. The van der Waals surface area contributed by atoms with E-state index in [1.165, 1.54) is 13.8 Å². The van der Waals surface area contributed by atoms with Crippen LogP contribution in [0.1, 0.15) is 60.8 Å². The molecule has 3 aliphatic rings. The molecular weight excluding hydrogens is 556 g/mol. The van der Waals surface area contributed by atoms with Gasteiger partial charge in [-0.3, -0.25) is 24.0 Å². The Labute approximate surface area is 243 Å². The number of hydrogen-bond acceptors (Lipinski definition) is 13. The topological polar surface area (TPSA) is 178 Å². The molecule has 0 amide bonds. The van der Waals surface area contributed by atoms with Crippen LogP contribution in [0.15, 0.2) is 23.8 Å². The molecule has 0 radical (unpaired) electrons. The predicted octanol–water partition coefficient (Wildman–Crippen LogP) is 1.48. The van der Waals surface area contributed by atoms with E-state index in [2.05, 4.69) is 6.58 Å². The van der Waals surface area contributed by atoms with Crippen LogP contribution in [-0.4, -0.2) is 84.2 Å². The third kappa shape index (κ3) is 5.92. The highest BCUT2D eigenvalue weighted by Gasteiger charge is 2.68. The van der Waals surface area contributed by atoms with Gasteiger partial charge in [0, 0.05) is 40.0 Å². The molecule has 2 aliphatic carbocycles. The van der Waals surface area contributed by atoms with Crippen LogP contribution in [0.5, 0.6) is 0 Å². The van der Waals surface area contributed by atoms with Crippen LogP contribution in [0.4, 0.5) is 0 Å². The fourth-order valence-electron chi connectivity index (χ4n) is 6.55. The van der Waals surface area contributed by atoms with Crippen LogP contribution in [0.25, 0.3) is 0 Å². The van der Waals surface area contributed by atoms with Gasteiger partial charge in [0.05, 0.1) is 24.0 Å². The van der Waals surface area contributed by atoms with Gasteiger partial charge in [-0.2, -0.15) is 0 Å². The third-order valence-corrected chi connectivity index (χ3v) is 8.47. The predicted molar refractivity (Wildman–Crippen MR) is 141 cm³/mol. The smallest absolute Gasteiger partial charge is 0.337 e. The van der Waals surface area contributed by atoms with Crippen molar-refractivity contribution >= 4 is 35.8 Å². The average molecular weight is 595 g/mol. The largest absolute Gasteiger partial charge is 0.466 e. The Hall–Kier alpha value is -3.74. The van der Waals surface area contributed by atoms with Crippen molar-refractivity contribution in [2.45, 2.75) is 96.9 Å². The number of rotatable bonds is 5. The first kappa shape index (κ1) is 32.8. The Morgan fingerprint density at radius 1 is 0.952 bits per heavy atom. The van der Waals surface area contributed by atoms with E-state index in [1.54, 1.807) is 6.92 Å². The number of carbonyl (C=O) groups is 6. The molecule has 0 aromatic rings. The summed E-state index contributed by atoms with van der Waals surface area (Å²) in [6.07, 6.45) is -5.68. The number of esters is 6. The second-order valence-electron chi connectivity index (χ2n) is 11.2. The Morgan fingerprint density at radius 2 is 1.50 bits per heavy atom. The molecule has 1 N–H and O–H groups in total. The average Bonchev–Trinajstić information content (AvgIpc) is 3.09. The first-order valence-corrected chi connectivity index (χ1v) is 13.6. The second kappa shape index (κ2) is 12.2. The zero-order valence-corrected chi connectivity index (χ0v) is 24.8. The Balaban J connectivity index is 2.49. The summed E-state index contributed by atoms with van der Waals surface area (Å²) in [5, 5.41) is 12.4. The quantitative estimate of drug-likeness (QED) is 0.275. The molecule has 0 aromatic heterocycles. The molecule has 0 spiro atoms. The van der Waals surface area contributed by atoms with Gasteiger partial charge in [-0.1, -0.05) is 19.1 Å². The number of hydrogen-bond donors (Lipinski definition) is 1. The van der Waals surface area contributed by atoms with Crippen molar-refractivity contribution < 1.29 is 62.3 Å². The standard InChI is InChI=1S/C29H38O13/c1-13-9-10-21(39-16(4)31)28(7)22(40-17(5)32)12-20(38-15(3)30)19(27(35)37-8)11-23-29(36,14(2)26(34)42-23)25(24(13)28)41-18(6)33/h11,14,20-25,36H,1,9-10,12H2,2-8H3/b19-11+/t14-,20+,21-,22-,23-,24+,25-,28+,29-/m0/s1. The van der Waals surface area contributed by atoms with Crippen molar-refractivity contribution in [2.75, 3.05) is 7.11 Å². The van der Waals surface area contributed by atoms with Crippen molar-refractivity contribution in [2.24, 2.45) is 17.3 Å². The summed E-state index contributed by atoms with van der Waals surface area (Å²) in [6, 6.07) is 0. The van der Waals surface area contributed by atoms with Crippen molar-refractivity contribution in [3.63, 3.8) is 0 Å². The van der Waals surface area contributed by atoms with Crippen molar-refractivity contribution in [3.8, 4) is 0 Å². The van der Waals surface area contributed by atoms with Gasteiger partial charge in [-0.15, -0.1) is 0 Å². The summed E-state index contributed by atoms with van der Waals surface area (Å²) < 4.78 is 33.3.